The van der Waals surface area contributed by atoms with Crippen LogP contribution in [0.2, 0.25) is 0 Å². The summed E-state index contributed by atoms with van der Waals surface area (Å²) in [7, 11) is 0. The molecule has 174 valence electrons. The summed E-state index contributed by atoms with van der Waals surface area (Å²) in [5.41, 5.74) is 2.40. The molecule has 0 unspecified atom stereocenters. The minimum atomic E-state index is -0.313. The van der Waals surface area contributed by atoms with Crippen molar-refractivity contribution >= 4 is 17.2 Å². The molecule has 1 spiro atoms. The lowest BCUT2D eigenvalue weighted by atomic mass is 9.89. The van der Waals surface area contributed by atoms with Crippen LogP contribution in [-0.4, -0.2) is 70.8 Å². The number of hydrogen-bond donors (Lipinski definition) is 1. The van der Waals surface area contributed by atoms with E-state index in [0.29, 0.717) is 43.6 Å². The van der Waals surface area contributed by atoms with Crippen molar-refractivity contribution in [3.8, 4) is 0 Å². The van der Waals surface area contributed by atoms with Gasteiger partial charge in [0.2, 0.25) is 0 Å². The lowest BCUT2D eigenvalue weighted by Gasteiger charge is -2.47. The van der Waals surface area contributed by atoms with Gasteiger partial charge in [0.1, 0.15) is 5.82 Å². The smallest absolute Gasteiger partial charge is 0.283 e. The van der Waals surface area contributed by atoms with E-state index >= 15 is 0 Å². The molecule has 8 heteroatoms. The Morgan fingerprint density at radius 1 is 1.25 bits per heavy atom. The summed E-state index contributed by atoms with van der Waals surface area (Å²) in [6.07, 6.45) is 2.14. The van der Waals surface area contributed by atoms with Gasteiger partial charge in [0, 0.05) is 38.2 Å². The van der Waals surface area contributed by atoms with E-state index in [2.05, 4.69) is 23.7 Å². The number of benzene rings is 1. The van der Waals surface area contributed by atoms with Crippen LogP contribution >= 0.6 is 11.3 Å². The number of aliphatic hydroxyl groups is 1. The first-order valence-electron chi connectivity index (χ1n) is 11.4. The quantitative estimate of drug-likeness (QED) is 0.714. The van der Waals surface area contributed by atoms with Crippen molar-refractivity contribution in [3.63, 3.8) is 0 Å². The normalized spacial score (nSPS) is 19.1. The van der Waals surface area contributed by atoms with Gasteiger partial charge in [0.05, 0.1) is 24.4 Å². The molecule has 1 amide bonds. The number of hydrogen-bond acceptors (Lipinski definition) is 6. The predicted octanol–water partition coefficient (Wildman–Crippen LogP) is 3.45. The number of morpholine rings is 1. The van der Waals surface area contributed by atoms with E-state index in [1.165, 1.54) is 17.4 Å². The summed E-state index contributed by atoms with van der Waals surface area (Å²) in [5, 5.41) is 11.7. The molecule has 2 fully saturated rings. The Kier molecular flexibility index (Phi) is 7.24. The van der Waals surface area contributed by atoms with E-state index in [1.807, 2.05) is 16.3 Å². The minimum Gasteiger partial charge on any atom is -0.396 e. The largest absolute Gasteiger partial charge is 0.396 e. The van der Waals surface area contributed by atoms with Crippen LogP contribution in [0.15, 0.2) is 23.6 Å². The summed E-state index contributed by atoms with van der Waals surface area (Å²) in [5.74, 6) is 0.0566. The van der Waals surface area contributed by atoms with Gasteiger partial charge >= 0.3 is 0 Å². The molecule has 0 aliphatic carbocycles. The molecule has 0 radical (unpaired) electrons. The SMILES string of the molecule is CC(C)c1csc(C(=O)N2CCOC3(CCN(Cc4cc(F)cc(CCO)c4)CC3)C2)n1. The number of carbonyl (C=O) groups excluding carboxylic acids is 1. The highest BCUT2D eigenvalue weighted by molar-refractivity contribution is 7.11. The summed E-state index contributed by atoms with van der Waals surface area (Å²) < 4.78 is 20.1. The van der Waals surface area contributed by atoms with Crippen LogP contribution in [0.5, 0.6) is 0 Å². The highest BCUT2D eigenvalue weighted by Crippen LogP contribution is 2.32. The number of nitrogens with zero attached hydrogens (tertiary/aromatic N) is 3. The molecule has 1 aromatic carbocycles. The van der Waals surface area contributed by atoms with Crippen LogP contribution in [0.25, 0.3) is 0 Å². The van der Waals surface area contributed by atoms with E-state index in [4.69, 9.17) is 9.84 Å². The molecular formula is C24H32FN3O3S. The lowest BCUT2D eigenvalue weighted by molar-refractivity contribution is -0.127. The maximum Gasteiger partial charge on any atom is 0.283 e. The first-order chi connectivity index (χ1) is 15.4. The van der Waals surface area contributed by atoms with Crippen molar-refractivity contribution < 1.29 is 19.0 Å². The van der Waals surface area contributed by atoms with Gasteiger partial charge < -0.3 is 14.7 Å². The van der Waals surface area contributed by atoms with E-state index in [-0.39, 0.29) is 23.9 Å². The van der Waals surface area contributed by atoms with Crippen molar-refractivity contribution in [3.05, 3.63) is 51.2 Å². The van der Waals surface area contributed by atoms with Crippen LogP contribution in [0.4, 0.5) is 4.39 Å². The Morgan fingerprint density at radius 2 is 2.00 bits per heavy atom. The molecular weight excluding hydrogens is 429 g/mol. The first-order valence-corrected chi connectivity index (χ1v) is 12.3. The van der Waals surface area contributed by atoms with Crippen LogP contribution in [0.1, 0.15) is 59.2 Å². The van der Waals surface area contributed by atoms with Gasteiger partial charge in [-0.1, -0.05) is 19.9 Å². The number of piperidine rings is 1. The molecule has 2 aromatic rings. The van der Waals surface area contributed by atoms with Gasteiger partial charge in [-0.2, -0.15) is 0 Å². The molecule has 4 rings (SSSR count). The maximum absolute atomic E-state index is 13.9. The van der Waals surface area contributed by atoms with Gasteiger partial charge in [-0.15, -0.1) is 11.3 Å². The number of rotatable bonds is 6. The highest BCUT2D eigenvalue weighted by Gasteiger charge is 2.41. The molecule has 32 heavy (non-hydrogen) atoms. The van der Waals surface area contributed by atoms with Gasteiger partial charge in [0.25, 0.3) is 5.91 Å². The van der Waals surface area contributed by atoms with Crippen molar-refractivity contribution in [2.45, 2.75) is 51.2 Å². The van der Waals surface area contributed by atoms with Gasteiger partial charge in [-0.05, 0) is 48.4 Å². The average Bonchev–Trinajstić information content (AvgIpc) is 3.26. The summed E-state index contributed by atoms with van der Waals surface area (Å²) in [6.45, 7) is 8.26. The second-order valence-corrected chi connectivity index (χ2v) is 10.1. The maximum atomic E-state index is 13.9. The predicted molar refractivity (Wildman–Crippen MR) is 122 cm³/mol. The zero-order valence-electron chi connectivity index (χ0n) is 18.8. The first kappa shape index (κ1) is 23.3. The van der Waals surface area contributed by atoms with E-state index in [1.54, 1.807) is 6.07 Å². The summed E-state index contributed by atoms with van der Waals surface area (Å²) >= 11 is 1.42. The summed E-state index contributed by atoms with van der Waals surface area (Å²) in [6, 6.07) is 5.03. The van der Waals surface area contributed by atoms with E-state index in [0.717, 1.165) is 42.8 Å². The van der Waals surface area contributed by atoms with Crippen LogP contribution in [0, 0.1) is 5.82 Å². The Hall–Kier alpha value is -1.87. The van der Waals surface area contributed by atoms with Crippen LogP contribution in [-0.2, 0) is 17.7 Å². The molecule has 1 N–H and O–H groups in total. The molecule has 0 atom stereocenters. The van der Waals surface area contributed by atoms with Crippen molar-refractivity contribution in [2.75, 3.05) is 39.4 Å². The standard InChI is InChI=1S/C24H32FN3O3S/c1-17(2)21-15-32-22(26-21)23(30)28-8-10-31-24(16-28)4-6-27(7-5-24)14-19-11-18(3-9-29)12-20(25)13-19/h11-13,15,17,29H,3-10,14,16H2,1-2H3. The van der Waals surface area contributed by atoms with E-state index in [9.17, 15) is 9.18 Å². The minimum absolute atomic E-state index is 0.00294. The second-order valence-electron chi connectivity index (χ2n) is 9.21. The molecule has 2 saturated heterocycles. The number of aromatic nitrogens is 1. The number of amides is 1. The van der Waals surface area contributed by atoms with Crippen LogP contribution in [0.3, 0.4) is 0 Å². The molecule has 6 nitrogen and oxygen atoms in total. The number of likely N-dealkylation sites (tertiary alicyclic amines) is 1. The van der Waals surface area contributed by atoms with E-state index < -0.39 is 0 Å². The van der Waals surface area contributed by atoms with Gasteiger partial charge in [0.15, 0.2) is 5.01 Å². The number of ether oxygens (including phenoxy) is 1. The summed E-state index contributed by atoms with van der Waals surface area (Å²) in [4.78, 5) is 21.8. The Balaban J connectivity index is 1.35. The fourth-order valence-corrected chi connectivity index (χ4v) is 5.51. The molecule has 0 bridgehead atoms. The van der Waals surface area contributed by atoms with Crippen molar-refractivity contribution in [1.29, 1.82) is 0 Å². The number of thiazole rings is 1. The number of halogens is 1. The Bertz CT molecular complexity index is 940. The third-order valence-electron chi connectivity index (χ3n) is 6.42. The molecule has 0 saturated carbocycles. The third-order valence-corrected chi connectivity index (χ3v) is 7.27. The monoisotopic (exact) mass is 461 g/mol. The van der Waals surface area contributed by atoms with Crippen molar-refractivity contribution in [2.24, 2.45) is 0 Å². The fraction of sp³-hybridized carbons (Fsp3) is 0.583. The second kappa shape index (κ2) is 9.95. The van der Waals surface area contributed by atoms with Crippen molar-refractivity contribution in [1.82, 2.24) is 14.8 Å². The number of carbonyl (C=O) groups is 1. The molecule has 2 aliphatic heterocycles. The molecule has 3 heterocycles. The molecule has 2 aliphatic rings. The average molecular weight is 462 g/mol. The van der Waals surface area contributed by atoms with Crippen LogP contribution < -0.4 is 0 Å². The Morgan fingerprint density at radius 3 is 2.69 bits per heavy atom. The topological polar surface area (TPSA) is 65.9 Å². The Labute approximate surface area is 193 Å². The fourth-order valence-electron chi connectivity index (χ4n) is 4.56. The highest BCUT2D eigenvalue weighted by atomic mass is 32.1. The zero-order chi connectivity index (χ0) is 22.7. The van der Waals surface area contributed by atoms with Gasteiger partial charge in [-0.3, -0.25) is 9.69 Å². The lowest BCUT2D eigenvalue weighted by Crippen LogP contribution is -2.57. The molecule has 1 aromatic heterocycles. The number of aliphatic hydroxyl groups excluding tert-OH is 1. The third kappa shape index (κ3) is 5.36. The van der Waals surface area contributed by atoms with Gasteiger partial charge in [-0.25, -0.2) is 9.37 Å². The zero-order valence-corrected chi connectivity index (χ0v) is 19.7.